The highest BCUT2D eigenvalue weighted by molar-refractivity contribution is 7.90. The van der Waals surface area contributed by atoms with Crippen LogP contribution in [0.25, 0.3) is 11.3 Å². The summed E-state index contributed by atoms with van der Waals surface area (Å²) in [5.74, 6) is -0.0760. The fourth-order valence-corrected chi connectivity index (χ4v) is 4.37. The maximum atomic E-state index is 14.4. The molecule has 8 heteroatoms. The quantitative estimate of drug-likeness (QED) is 0.540. The van der Waals surface area contributed by atoms with E-state index in [1.54, 1.807) is 50.6 Å². The number of rotatable bonds is 9. The third-order valence-electron chi connectivity index (χ3n) is 4.29. The van der Waals surface area contributed by atoms with Gasteiger partial charge in [-0.1, -0.05) is 18.2 Å². The van der Waals surface area contributed by atoms with Crippen LogP contribution in [0.3, 0.4) is 0 Å². The number of aromatic nitrogens is 1. The summed E-state index contributed by atoms with van der Waals surface area (Å²) in [6.07, 6.45) is 1.51. The van der Waals surface area contributed by atoms with E-state index in [0.717, 1.165) is 9.54 Å². The van der Waals surface area contributed by atoms with Gasteiger partial charge in [-0.05, 0) is 42.9 Å². The lowest BCUT2D eigenvalue weighted by Gasteiger charge is -2.12. The SMILES string of the molecule is CNCc1cc(-c2ccccc2F)n(S(=O)(=O)c2cccc(OCCOC)c2)c1. The van der Waals surface area contributed by atoms with Crippen LogP contribution in [0.4, 0.5) is 4.39 Å². The summed E-state index contributed by atoms with van der Waals surface area (Å²) < 4.78 is 52.8. The zero-order chi connectivity index (χ0) is 20.9. The van der Waals surface area contributed by atoms with E-state index in [-0.39, 0.29) is 16.2 Å². The third-order valence-corrected chi connectivity index (χ3v) is 5.96. The molecule has 0 radical (unpaired) electrons. The Kier molecular flexibility index (Phi) is 6.68. The molecule has 0 bridgehead atoms. The van der Waals surface area contributed by atoms with Crippen molar-refractivity contribution < 1.29 is 22.3 Å². The van der Waals surface area contributed by atoms with Crippen molar-refractivity contribution in [1.29, 1.82) is 0 Å². The molecule has 0 spiro atoms. The molecule has 0 unspecified atom stereocenters. The summed E-state index contributed by atoms with van der Waals surface area (Å²) in [6.45, 7) is 1.14. The first kappa shape index (κ1) is 21.0. The van der Waals surface area contributed by atoms with Crippen LogP contribution in [0, 0.1) is 5.82 Å². The predicted octanol–water partition coefficient (Wildman–Crippen LogP) is 3.28. The van der Waals surface area contributed by atoms with Crippen molar-refractivity contribution in [1.82, 2.24) is 9.29 Å². The topological polar surface area (TPSA) is 69.6 Å². The minimum atomic E-state index is -3.97. The summed E-state index contributed by atoms with van der Waals surface area (Å²) in [6, 6.07) is 14.0. The average Bonchev–Trinajstić information content (AvgIpc) is 3.14. The van der Waals surface area contributed by atoms with Gasteiger partial charge in [0.05, 0.1) is 17.2 Å². The standard InChI is InChI=1S/C21H23FN2O4S/c1-23-14-16-12-21(19-8-3-4-9-20(19)22)24(15-16)29(25,26)18-7-5-6-17(13-18)28-11-10-27-2/h3-9,12-13,15,23H,10-11,14H2,1-2H3. The van der Waals surface area contributed by atoms with Gasteiger partial charge >= 0.3 is 0 Å². The van der Waals surface area contributed by atoms with E-state index in [0.29, 0.717) is 25.5 Å². The van der Waals surface area contributed by atoms with E-state index in [1.165, 1.54) is 24.4 Å². The lowest BCUT2D eigenvalue weighted by atomic mass is 10.1. The summed E-state index contributed by atoms with van der Waals surface area (Å²) >= 11 is 0. The lowest BCUT2D eigenvalue weighted by Crippen LogP contribution is -2.14. The van der Waals surface area contributed by atoms with Crippen LogP contribution in [0.1, 0.15) is 5.56 Å². The maximum absolute atomic E-state index is 14.4. The Morgan fingerprint density at radius 3 is 2.59 bits per heavy atom. The summed E-state index contributed by atoms with van der Waals surface area (Å²) in [5, 5.41) is 2.99. The average molecular weight is 418 g/mol. The molecule has 3 aromatic rings. The molecule has 0 fully saturated rings. The van der Waals surface area contributed by atoms with Gasteiger partial charge in [0.2, 0.25) is 0 Å². The molecule has 0 aliphatic rings. The van der Waals surface area contributed by atoms with Gasteiger partial charge < -0.3 is 14.8 Å². The van der Waals surface area contributed by atoms with Crippen LogP contribution in [0.5, 0.6) is 5.75 Å². The minimum absolute atomic E-state index is 0.0524. The maximum Gasteiger partial charge on any atom is 0.268 e. The first-order valence-electron chi connectivity index (χ1n) is 9.05. The van der Waals surface area contributed by atoms with E-state index in [4.69, 9.17) is 9.47 Å². The number of benzene rings is 2. The van der Waals surface area contributed by atoms with Gasteiger partial charge in [0, 0.05) is 31.5 Å². The second kappa shape index (κ2) is 9.21. The first-order valence-corrected chi connectivity index (χ1v) is 10.5. The molecule has 0 atom stereocenters. The first-order chi connectivity index (χ1) is 14.0. The van der Waals surface area contributed by atoms with Crippen molar-refractivity contribution in [2.45, 2.75) is 11.4 Å². The van der Waals surface area contributed by atoms with Crippen molar-refractivity contribution >= 4 is 10.0 Å². The van der Waals surface area contributed by atoms with Gasteiger partial charge in [0.25, 0.3) is 10.0 Å². The van der Waals surface area contributed by atoms with Crippen LogP contribution in [-0.4, -0.2) is 39.8 Å². The second-order valence-electron chi connectivity index (χ2n) is 6.36. The van der Waals surface area contributed by atoms with Crippen LogP contribution >= 0.6 is 0 Å². The number of ether oxygens (including phenoxy) is 2. The number of halogens is 1. The number of methoxy groups -OCH3 is 1. The Morgan fingerprint density at radius 2 is 1.86 bits per heavy atom. The van der Waals surface area contributed by atoms with E-state index in [1.807, 2.05) is 0 Å². The zero-order valence-corrected chi connectivity index (χ0v) is 17.1. The van der Waals surface area contributed by atoms with Crippen LogP contribution in [-0.2, 0) is 21.3 Å². The van der Waals surface area contributed by atoms with E-state index in [9.17, 15) is 12.8 Å². The number of nitrogens with zero attached hydrogens (tertiary/aromatic N) is 1. The van der Waals surface area contributed by atoms with Crippen LogP contribution in [0.15, 0.2) is 65.7 Å². The van der Waals surface area contributed by atoms with Gasteiger partial charge in [-0.15, -0.1) is 0 Å². The Labute approximate surface area is 169 Å². The Balaban J connectivity index is 2.07. The van der Waals surface area contributed by atoms with Crippen molar-refractivity contribution in [2.24, 2.45) is 0 Å². The summed E-state index contributed by atoms with van der Waals surface area (Å²) in [7, 11) is -0.656. The monoisotopic (exact) mass is 418 g/mol. The molecular formula is C21H23FN2O4S. The largest absolute Gasteiger partial charge is 0.491 e. The van der Waals surface area contributed by atoms with Crippen molar-refractivity contribution in [3.8, 4) is 17.0 Å². The molecule has 1 heterocycles. The van der Waals surface area contributed by atoms with E-state index >= 15 is 0 Å². The molecule has 29 heavy (non-hydrogen) atoms. The van der Waals surface area contributed by atoms with Crippen LogP contribution in [0.2, 0.25) is 0 Å². The molecule has 6 nitrogen and oxygen atoms in total. The smallest absolute Gasteiger partial charge is 0.268 e. The fourth-order valence-electron chi connectivity index (χ4n) is 2.94. The minimum Gasteiger partial charge on any atom is -0.491 e. The van der Waals surface area contributed by atoms with Gasteiger partial charge in [0.15, 0.2) is 0 Å². The number of hydrogen-bond acceptors (Lipinski definition) is 5. The summed E-state index contributed by atoms with van der Waals surface area (Å²) in [4.78, 5) is 0.0524. The summed E-state index contributed by atoms with van der Waals surface area (Å²) in [5.41, 5.74) is 1.20. The van der Waals surface area contributed by atoms with Gasteiger partial charge in [0.1, 0.15) is 18.2 Å². The molecule has 1 N–H and O–H groups in total. The normalized spacial score (nSPS) is 11.6. The highest BCUT2D eigenvalue weighted by Gasteiger charge is 2.23. The highest BCUT2D eigenvalue weighted by atomic mass is 32.2. The van der Waals surface area contributed by atoms with Crippen LogP contribution < -0.4 is 10.1 Å². The number of hydrogen-bond donors (Lipinski definition) is 1. The van der Waals surface area contributed by atoms with Gasteiger partial charge in [-0.2, -0.15) is 0 Å². The molecule has 0 aliphatic carbocycles. The second-order valence-corrected chi connectivity index (χ2v) is 8.18. The molecule has 0 saturated carbocycles. The third kappa shape index (κ3) is 4.67. The Morgan fingerprint density at radius 1 is 1.07 bits per heavy atom. The fraction of sp³-hybridized carbons (Fsp3) is 0.238. The molecule has 1 aromatic heterocycles. The van der Waals surface area contributed by atoms with Crippen molar-refractivity contribution in [2.75, 3.05) is 27.4 Å². The van der Waals surface area contributed by atoms with Gasteiger partial charge in [-0.25, -0.2) is 16.8 Å². The van der Waals surface area contributed by atoms with E-state index < -0.39 is 15.8 Å². The zero-order valence-electron chi connectivity index (χ0n) is 16.3. The molecule has 0 saturated heterocycles. The molecule has 3 rings (SSSR count). The predicted molar refractivity (Wildman–Crippen MR) is 109 cm³/mol. The molecule has 0 amide bonds. The van der Waals surface area contributed by atoms with E-state index in [2.05, 4.69) is 5.32 Å². The molecule has 0 aliphatic heterocycles. The lowest BCUT2D eigenvalue weighted by molar-refractivity contribution is 0.146. The molecule has 2 aromatic carbocycles. The van der Waals surface area contributed by atoms with Gasteiger partial charge in [-0.3, -0.25) is 0 Å². The van der Waals surface area contributed by atoms with Crippen molar-refractivity contribution in [3.05, 3.63) is 72.2 Å². The number of nitrogens with one attached hydrogen (secondary N) is 1. The Hall–Kier alpha value is -2.68. The molecular weight excluding hydrogens is 395 g/mol. The van der Waals surface area contributed by atoms with Crippen molar-refractivity contribution in [3.63, 3.8) is 0 Å². The Bertz CT molecular complexity index is 1080. The highest BCUT2D eigenvalue weighted by Crippen LogP contribution is 2.30. The molecule has 154 valence electrons.